The lowest BCUT2D eigenvalue weighted by molar-refractivity contribution is -0.299. The Morgan fingerprint density at radius 2 is 1.70 bits per heavy atom. The van der Waals surface area contributed by atoms with Gasteiger partial charge in [0.1, 0.15) is 11.9 Å². The molecule has 2 aromatic rings. The number of aliphatic carboxylic acids is 1. The van der Waals surface area contributed by atoms with E-state index in [1.807, 2.05) is 54.6 Å². The van der Waals surface area contributed by atoms with Crippen molar-refractivity contribution in [1.29, 1.82) is 0 Å². The first-order chi connectivity index (χ1) is 11.1. The zero-order valence-electron chi connectivity index (χ0n) is 13.0. The molecule has 2 aromatic carbocycles. The molecule has 0 spiro atoms. The fourth-order valence-corrected chi connectivity index (χ4v) is 3.02. The lowest BCUT2D eigenvalue weighted by Gasteiger charge is -2.23. The largest absolute Gasteiger partial charge is 0.545 e. The average Bonchev–Trinajstić information content (AvgIpc) is 2.93. The number of carboxylic acids is 1. The molecule has 0 aliphatic carbocycles. The molecule has 3 rings (SSSR count). The fourth-order valence-electron chi connectivity index (χ4n) is 3.02. The lowest BCUT2D eigenvalue weighted by atomic mass is 9.84. The normalized spacial score (nSPS) is 20.3. The third kappa shape index (κ3) is 2.80. The molecular formula is C19H17O4-. The predicted molar refractivity (Wildman–Crippen MR) is 83.7 cm³/mol. The second-order valence-electron chi connectivity index (χ2n) is 5.46. The Bertz CT molecular complexity index is 732. The van der Waals surface area contributed by atoms with Crippen molar-refractivity contribution in [3.05, 3.63) is 77.1 Å². The summed E-state index contributed by atoms with van der Waals surface area (Å²) < 4.78 is 11.0. The minimum Gasteiger partial charge on any atom is -0.545 e. The number of ether oxygens (including phenoxy) is 2. The van der Waals surface area contributed by atoms with Crippen LogP contribution in [0.3, 0.4) is 0 Å². The van der Waals surface area contributed by atoms with Gasteiger partial charge in [-0.2, -0.15) is 0 Å². The highest BCUT2D eigenvalue weighted by molar-refractivity contribution is 5.88. The van der Waals surface area contributed by atoms with Gasteiger partial charge < -0.3 is 19.4 Å². The summed E-state index contributed by atoms with van der Waals surface area (Å²) in [6, 6.07) is 17.0. The molecule has 0 bridgehead atoms. The van der Waals surface area contributed by atoms with Crippen molar-refractivity contribution < 1.29 is 19.4 Å². The fraction of sp³-hybridized carbons (Fsp3) is 0.211. The van der Waals surface area contributed by atoms with Gasteiger partial charge in [-0.1, -0.05) is 42.5 Å². The third-order valence-electron chi connectivity index (χ3n) is 4.12. The molecule has 4 heteroatoms. The topological polar surface area (TPSA) is 58.6 Å². The molecule has 1 aliphatic rings. The Kier molecular flexibility index (Phi) is 4.06. The van der Waals surface area contributed by atoms with Gasteiger partial charge in [-0.3, -0.25) is 0 Å². The Labute approximate surface area is 135 Å². The van der Waals surface area contributed by atoms with Crippen molar-refractivity contribution >= 4 is 5.97 Å². The highest BCUT2D eigenvalue weighted by Crippen LogP contribution is 2.47. The lowest BCUT2D eigenvalue weighted by Crippen LogP contribution is -2.28. The number of allylic oxidation sites excluding steroid dienone is 1. The van der Waals surface area contributed by atoms with Gasteiger partial charge in [0.2, 0.25) is 0 Å². The van der Waals surface area contributed by atoms with E-state index in [1.165, 1.54) is 0 Å². The molecule has 1 heterocycles. The maximum atomic E-state index is 11.6. The van der Waals surface area contributed by atoms with E-state index >= 15 is 0 Å². The van der Waals surface area contributed by atoms with E-state index in [4.69, 9.17) is 9.47 Å². The highest BCUT2D eigenvalue weighted by atomic mass is 16.5. The summed E-state index contributed by atoms with van der Waals surface area (Å²) in [6.07, 6.45) is -0.377. The van der Waals surface area contributed by atoms with E-state index in [0.29, 0.717) is 5.76 Å². The summed E-state index contributed by atoms with van der Waals surface area (Å²) in [4.78, 5) is 11.6. The summed E-state index contributed by atoms with van der Waals surface area (Å²) in [5, 5.41) is 11.6. The van der Waals surface area contributed by atoms with Gasteiger partial charge >= 0.3 is 0 Å². The molecule has 0 N–H and O–H groups in total. The first-order valence-electron chi connectivity index (χ1n) is 7.39. The van der Waals surface area contributed by atoms with Gasteiger partial charge in [-0.05, 0) is 30.2 Å². The van der Waals surface area contributed by atoms with Crippen LogP contribution >= 0.6 is 0 Å². The van der Waals surface area contributed by atoms with Crippen LogP contribution in [-0.4, -0.2) is 13.1 Å². The maximum Gasteiger partial charge on any atom is 0.134 e. The second-order valence-corrected chi connectivity index (χ2v) is 5.46. The van der Waals surface area contributed by atoms with E-state index in [2.05, 4.69) is 0 Å². The van der Waals surface area contributed by atoms with Crippen molar-refractivity contribution in [2.24, 2.45) is 0 Å². The zero-order chi connectivity index (χ0) is 16.4. The Morgan fingerprint density at radius 1 is 1.04 bits per heavy atom. The number of rotatable bonds is 4. The van der Waals surface area contributed by atoms with Gasteiger partial charge in [0, 0.05) is 5.57 Å². The smallest absolute Gasteiger partial charge is 0.134 e. The van der Waals surface area contributed by atoms with Crippen LogP contribution in [0.1, 0.15) is 30.1 Å². The molecule has 23 heavy (non-hydrogen) atoms. The van der Waals surface area contributed by atoms with Crippen molar-refractivity contribution in [2.45, 2.75) is 18.9 Å². The predicted octanol–water partition coefficient (Wildman–Crippen LogP) is 2.57. The molecule has 0 saturated heterocycles. The monoisotopic (exact) mass is 309 g/mol. The third-order valence-corrected chi connectivity index (χ3v) is 4.12. The van der Waals surface area contributed by atoms with Crippen LogP contribution in [0.4, 0.5) is 0 Å². The quantitative estimate of drug-likeness (QED) is 0.871. The van der Waals surface area contributed by atoms with Crippen molar-refractivity contribution in [1.82, 2.24) is 0 Å². The number of carboxylic acid groups (broad SMARTS) is 1. The highest BCUT2D eigenvalue weighted by Gasteiger charge is 2.37. The van der Waals surface area contributed by atoms with Crippen molar-refractivity contribution in [2.75, 3.05) is 7.11 Å². The van der Waals surface area contributed by atoms with Gasteiger partial charge in [0.15, 0.2) is 0 Å². The van der Waals surface area contributed by atoms with E-state index in [0.717, 1.165) is 16.9 Å². The standard InChI is InChI=1S/C19H18O4/c1-12-16(19(20)21)17(13-8-10-15(22-2)11-9-13)18(23-12)14-6-4-3-5-7-14/h3-11,17-18H,1-2H3,(H,20,21)/p-1/t17-,18-/m1/s1. The molecule has 0 fully saturated rings. The van der Waals surface area contributed by atoms with Crippen LogP contribution in [-0.2, 0) is 9.53 Å². The molecule has 0 amide bonds. The Hall–Kier alpha value is -2.75. The minimum atomic E-state index is -1.19. The summed E-state index contributed by atoms with van der Waals surface area (Å²) in [7, 11) is 1.59. The van der Waals surface area contributed by atoms with Gasteiger partial charge in [0.25, 0.3) is 0 Å². The summed E-state index contributed by atoms with van der Waals surface area (Å²) in [5.74, 6) is -0.477. The van der Waals surface area contributed by atoms with Crippen LogP contribution < -0.4 is 9.84 Å². The number of benzene rings is 2. The molecule has 0 unspecified atom stereocenters. The number of hydrogen-bond acceptors (Lipinski definition) is 4. The summed E-state index contributed by atoms with van der Waals surface area (Å²) in [5.41, 5.74) is 1.99. The van der Waals surface area contributed by atoms with E-state index in [-0.39, 0.29) is 11.7 Å². The van der Waals surface area contributed by atoms with Crippen LogP contribution in [0.15, 0.2) is 65.9 Å². The molecule has 1 aliphatic heterocycles. The van der Waals surface area contributed by atoms with E-state index in [1.54, 1.807) is 14.0 Å². The van der Waals surface area contributed by atoms with Gasteiger partial charge in [-0.15, -0.1) is 0 Å². The van der Waals surface area contributed by atoms with Crippen LogP contribution in [0.25, 0.3) is 0 Å². The second kappa shape index (κ2) is 6.16. The molecule has 4 nitrogen and oxygen atoms in total. The number of carbonyl (C=O) groups excluding carboxylic acids is 1. The SMILES string of the molecule is COc1ccc([C@@H]2C(C(=O)[O-])=C(C)O[C@@H]2c2ccccc2)cc1. The van der Waals surface area contributed by atoms with E-state index < -0.39 is 11.9 Å². The Morgan fingerprint density at radius 3 is 2.26 bits per heavy atom. The molecule has 2 atom stereocenters. The molecule has 0 aromatic heterocycles. The number of carbonyl (C=O) groups is 1. The summed E-state index contributed by atoms with van der Waals surface area (Å²) in [6.45, 7) is 1.67. The van der Waals surface area contributed by atoms with Gasteiger partial charge in [0.05, 0.1) is 24.8 Å². The molecule has 118 valence electrons. The first-order valence-corrected chi connectivity index (χ1v) is 7.39. The van der Waals surface area contributed by atoms with Crippen LogP contribution in [0, 0.1) is 0 Å². The number of hydrogen-bond donors (Lipinski definition) is 0. The molecule has 0 radical (unpaired) electrons. The first kappa shape index (κ1) is 15.2. The average molecular weight is 309 g/mol. The van der Waals surface area contributed by atoms with Gasteiger partial charge in [-0.25, -0.2) is 0 Å². The van der Waals surface area contributed by atoms with Crippen LogP contribution in [0.5, 0.6) is 5.75 Å². The van der Waals surface area contributed by atoms with Crippen molar-refractivity contribution in [3.63, 3.8) is 0 Å². The summed E-state index contributed by atoms with van der Waals surface area (Å²) >= 11 is 0. The van der Waals surface area contributed by atoms with Crippen LogP contribution in [0.2, 0.25) is 0 Å². The minimum absolute atomic E-state index is 0.198. The number of methoxy groups -OCH3 is 1. The zero-order valence-corrected chi connectivity index (χ0v) is 13.0. The maximum absolute atomic E-state index is 11.6. The van der Waals surface area contributed by atoms with Crippen molar-refractivity contribution in [3.8, 4) is 5.75 Å². The molecular weight excluding hydrogens is 292 g/mol. The molecule has 0 saturated carbocycles. The van der Waals surface area contributed by atoms with E-state index in [9.17, 15) is 9.90 Å². The Balaban J connectivity index is 2.06.